The minimum absolute atomic E-state index is 0.307. The molecule has 0 radical (unpaired) electrons. The van der Waals surface area contributed by atoms with Gasteiger partial charge in [-0.25, -0.2) is 0 Å². The number of hydrogen-bond donors (Lipinski definition) is 1. The van der Waals surface area contributed by atoms with Crippen LogP contribution in [0.2, 0.25) is 0 Å². The summed E-state index contributed by atoms with van der Waals surface area (Å²) in [5.74, 6) is 0. The fourth-order valence-electron chi connectivity index (χ4n) is 2.13. The third kappa shape index (κ3) is 6.09. The molecule has 0 spiro atoms. The van der Waals surface area contributed by atoms with Crippen LogP contribution in [0.1, 0.15) is 30.5 Å². The molecule has 0 saturated heterocycles. The van der Waals surface area contributed by atoms with Gasteiger partial charge in [-0.2, -0.15) is 0 Å². The van der Waals surface area contributed by atoms with Crippen LogP contribution < -0.4 is 5.32 Å². The average Bonchev–Trinajstić information content (AvgIpc) is 2.50. The van der Waals surface area contributed by atoms with E-state index in [1.165, 1.54) is 16.7 Å². The molecule has 0 aliphatic rings. The highest BCUT2D eigenvalue weighted by molar-refractivity contribution is 9.49. The van der Waals surface area contributed by atoms with Crippen molar-refractivity contribution in [2.45, 2.75) is 33.6 Å². The average molecular weight is 490 g/mol. The molecule has 0 heterocycles. The van der Waals surface area contributed by atoms with E-state index < -0.39 is 0 Å². The molecule has 0 unspecified atom stereocenters. The maximum Gasteiger partial charge on any atom is 0.302 e. The molecule has 0 atom stereocenters. The zero-order chi connectivity index (χ0) is 16.5. The lowest BCUT2D eigenvalue weighted by atomic mass is 9.92. The topological polar surface area (TPSA) is 12.0 Å². The first-order chi connectivity index (χ1) is 10.6. The molecule has 0 fully saturated rings. The molecule has 1 N–H and O–H groups in total. The number of para-hydroxylation sites is 1. The van der Waals surface area contributed by atoms with Gasteiger partial charge in [0.15, 0.2) is 0 Å². The smallest absolute Gasteiger partial charge is 0.302 e. The van der Waals surface area contributed by atoms with Crippen LogP contribution >= 0.6 is 47.4 Å². The monoisotopic (exact) mass is 487 g/mol. The first kappa shape index (κ1) is 19.8. The van der Waals surface area contributed by atoms with Gasteiger partial charge in [0.25, 0.3) is 0 Å². The Morgan fingerprint density at radius 2 is 1.59 bits per heavy atom. The Hall–Kier alpha value is -0.255. The third-order valence-electron chi connectivity index (χ3n) is 3.17. The summed E-state index contributed by atoms with van der Waals surface area (Å²) in [5.41, 5.74) is 5.09. The van der Waals surface area contributed by atoms with Crippen molar-refractivity contribution in [2.24, 2.45) is 0 Å². The maximum atomic E-state index is 3.60. The van der Waals surface area contributed by atoms with Gasteiger partial charge in [0.05, 0.1) is 5.69 Å². The first-order valence-electron chi connectivity index (χ1n) is 7.42. The Morgan fingerprint density at radius 1 is 0.955 bits per heavy atom. The van der Waals surface area contributed by atoms with Gasteiger partial charge in [0.2, 0.25) is 0 Å². The molecular formula is C17H21BBr3N. The van der Waals surface area contributed by atoms with Crippen LogP contribution in [0.3, 0.4) is 0 Å². The molecule has 2 aromatic carbocycles. The van der Waals surface area contributed by atoms with Crippen molar-refractivity contribution < 1.29 is 0 Å². The van der Waals surface area contributed by atoms with Gasteiger partial charge in [0, 0.05) is 11.0 Å². The van der Waals surface area contributed by atoms with Crippen molar-refractivity contribution in [3.8, 4) is 0 Å². The van der Waals surface area contributed by atoms with E-state index in [2.05, 4.69) is 102 Å². The van der Waals surface area contributed by atoms with E-state index in [0.29, 0.717) is 4.36 Å². The van der Waals surface area contributed by atoms with Gasteiger partial charge in [-0.05, 0) is 51.9 Å². The molecule has 22 heavy (non-hydrogen) atoms. The number of nitrogens with one attached hydrogen (secondary N) is 1. The number of halogens is 3. The number of hydrogen-bond acceptors (Lipinski definition) is 1. The van der Waals surface area contributed by atoms with Crippen LogP contribution in [0.25, 0.3) is 0 Å². The Kier molecular flexibility index (Phi) is 9.45. The summed E-state index contributed by atoms with van der Waals surface area (Å²) in [4.78, 5) is 0. The normalized spacial score (nSPS) is 9.73. The van der Waals surface area contributed by atoms with E-state index in [4.69, 9.17) is 0 Å². The second-order valence-electron chi connectivity index (χ2n) is 4.65. The van der Waals surface area contributed by atoms with E-state index in [-0.39, 0.29) is 0 Å². The van der Waals surface area contributed by atoms with E-state index in [0.717, 1.165) is 23.0 Å². The molecule has 0 bridgehead atoms. The van der Waals surface area contributed by atoms with Gasteiger partial charge < -0.3 is 5.32 Å². The lowest BCUT2D eigenvalue weighted by Gasteiger charge is -2.14. The van der Waals surface area contributed by atoms with Crippen LogP contribution in [0.15, 0.2) is 46.9 Å². The molecule has 5 heteroatoms. The summed E-state index contributed by atoms with van der Waals surface area (Å²) < 4.78 is 1.41. The van der Waals surface area contributed by atoms with Gasteiger partial charge in [0.1, 0.15) is 0 Å². The number of anilines is 1. The van der Waals surface area contributed by atoms with E-state index in [1.54, 1.807) is 0 Å². The fourth-order valence-corrected chi connectivity index (χ4v) is 3.44. The molecule has 0 aromatic heterocycles. The van der Waals surface area contributed by atoms with Gasteiger partial charge in [-0.1, -0.05) is 50.2 Å². The SMILES string of the molecule is CC.Cc1cccc(Br)c1NCc1ccccc1CB(Br)Br. The van der Waals surface area contributed by atoms with Crippen LogP contribution in [-0.4, -0.2) is 4.36 Å². The molecule has 0 saturated carbocycles. The number of rotatable bonds is 5. The zero-order valence-electron chi connectivity index (χ0n) is 13.2. The van der Waals surface area contributed by atoms with Crippen LogP contribution in [0, 0.1) is 6.92 Å². The summed E-state index contributed by atoms with van der Waals surface area (Å²) in [6.07, 6.45) is 0.965. The maximum absolute atomic E-state index is 3.60. The summed E-state index contributed by atoms with van der Waals surface area (Å²) in [5, 5.41) is 3.53. The molecule has 2 aromatic rings. The minimum Gasteiger partial charge on any atom is -0.380 e. The Bertz CT molecular complexity index is 568. The Balaban J connectivity index is 0.00000116. The molecule has 0 aliphatic carbocycles. The highest BCUT2D eigenvalue weighted by atomic mass is 79.9. The summed E-state index contributed by atoms with van der Waals surface area (Å²) >= 11 is 10.7. The fraction of sp³-hybridized carbons (Fsp3) is 0.294. The molecule has 0 amide bonds. The zero-order valence-corrected chi connectivity index (χ0v) is 17.9. The highest BCUT2D eigenvalue weighted by Gasteiger charge is 2.10. The molecule has 1 nitrogen and oxygen atoms in total. The number of benzene rings is 2. The van der Waals surface area contributed by atoms with E-state index in [1.807, 2.05) is 13.8 Å². The lowest BCUT2D eigenvalue weighted by molar-refractivity contribution is 1.10. The predicted octanol–water partition coefficient (Wildman–Crippen LogP) is 6.76. The van der Waals surface area contributed by atoms with Crippen molar-refractivity contribution in [2.75, 3.05) is 5.32 Å². The van der Waals surface area contributed by atoms with Gasteiger partial charge in [-0.15, -0.1) is 31.5 Å². The summed E-state index contributed by atoms with van der Waals surface area (Å²) in [6, 6.07) is 14.8. The molecule has 2 rings (SSSR count). The Morgan fingerprint density at radius 3 is 2.18 bits per heavy atom. The van der Waals surface area contributed by atoms with Crippen molar-refractivity contribution in [1.82, 2.24) is 0 Å². The summed E-state index contributed by atoms with van der Waals surface area (Å²) in [7, 11) is 0. The summed E-state index contributed by atoms with van der Waals surface area (Å²) in [6.45, 7) is 6.94. The van der Waals surface area contributed by atoms with Crippen LogP contribution in [-0.2, 0) is 12.9 Å². The highest BCUT2D eigenvalue weighted by Crippen LogP contribution is 2.27. The second kappa shape index (κ2) is 10.5. The molecule has 0 aliphatic heterocycles. The van der Waals surface area contributed by atoms with Crippen LogP contribution in [0.5, 0.6) is 0 Å². The van der Waals surface area contributed by atoms with Gasteiger partial charge in [-0.3, -0.25) is 0 Å². The molecule has 118 valence electrons. The standard InChI is InChI=1S/C15H15BBr3N.C2H6/c1-11-5-4-8-14(17)15(11)20-10-13-7-3-2-6-12(13)9-16(18)19;1-2/h2-8,20H,9-10H2,1H3;1-2H3. The predicted molar refractivity (Wildman–Crippen MR) is 111 cm³/mol. The third-order valence-corrected chi connectivity index (χ3v) is 4.48. The second-order valence-corrected chi connectivity index (χ2v) is 8.94. The quantitative estimate of drug-likeness (QED) is 0.458. The lowest BCUT2D eigenvalue weighted by Crippen LogP contribution is -2.07. The minimum atomic E-state index is 0.307. The largest absolute Gasteiger partial charge is 0.380 e. The molecular weight excluding hydrogens is 469 g/mol. The first-order valence-corrected chi connectivity index (χ1v) is 10.0. The van der Waals surface area contributed by atoms with Gasteiger partial charge >= 0.3 is 4.36 Å². The van der Waals surface area contributed by atoms with Crippen LogP contribution in [0.4, 0.5) is 5.69 Å². The van der Waals surface area contributed by atoms with Crippen molar-refractivity contribution in [1.29, 1.82) is 0 Å². The Labute approximate surface area is 159 Å². The van der Waals surface area contributed by atoms with Crippen molar-refractivity contribution >= 4 is 57.5 Å². The van der Waals surface area contributed by atoms with E-state index >= 15 is 0 Å². The number of aryl methyl sites for hydroxylation is 1. The van der Waals surface area contributed by atoms with Crippen molar-refractivity contribution in [3.63, 3.8) is 0 Å². The van der Waals surface area contributed by atoms with E-state index in [9.17, 15) is 0 Å². The van der Waals surface area contributed by atoms with Crippen molar-refractivity contribution in [3.05, 3.63) is 63.6 Å².